The summed E-state index contributed by atoms with van der Waals surface area (Å²) in [5.41, 5.74) is 4.89. The van der Waals surface area contributed by atoms with Gasteiger partial charge >= 0.3 is 5.97 Å². The molecule has 4 heteroatoms. The molecule has 30 heavy (non-hydrogen) atoms. The lowest BCUT2D eigenvalue weighted by atomic mass is 9.85. The maximum atomic E-state index is 13.2. The highest BCUT2D eigenvalue weighted by atomic mass is 16.6. The van der Waals surface area contributed by atoms with Crippen molar-refractivity contribution in [3.05, 3.63) is 95.1 Å². The molecule has 5 rings (SSSR count). The van der Waals surface area contributed by atoms with Crippen molar-refractivity contribution in [1.29, 1.82) is 0 Å². The Balaban J connectivity index is 1.38. The number of rotatable bonds is 2. The molecule has 2 aliphatic rings. The molecule has 3 aromatic rings. The van der Waals surface area contributed by atoms with Crippen LogP contribution in [0.2, 0.25) is 0 Å². The van der Waals surface area contributed by atoms with Crippen molar-refractivity contribution in [3.63, 3.8) is 0 Å². The lowest BCUT2D eigenvalue weighted by molar-refractivity contribution is -0.0442. The van der Waals surface area contributed by atoms with E-state index < -0.39 is 5.60 Å². The van der Waals surface area contributed by atoms with Gasteiger partial charge < -0.3 is 9.64 Å². The zero-order valence-electron chi connectivity index (χ0n) is 16.9. The normalized spacial score (nSPS) is 20.2. The molecule has 0 saturated carbocycles. The molecule has 1 saturated heterocycles. The molecule has 1 spiro atoms. The SMILES string of the molecule is Cc1ccc(-c2ccc(C(=O)N3CCCC4(C3)OC(=O)c3ccccc34)cc2)cc1. The number of carbonyl (C=O) groups excluding carboxylic acids is 2. The number of aryl methyl sites for hydroxylation is 1. The number of ether oxygens (including phenoxy) is 1. The minimum Gasteiger partial charge on any atom is -0.449 e. The predicted octanol–water partition coefficient (Wildman–Crippen LogP) is 4.96. The zero-order valence-corrected chi connectivity index (χ0v) is 16.9. The van der Waals surface area contributed by atoms with Gasteiger partial charge in [0.25, 0.3) is 5.91 Å². The summed E-state index contributed by atoms with van der Waals surface area (Å²) >= 11 is 0. The highest BCUT2D eigenvalue weighted by Gasteiger charge is 2.48. The van der Waals surface area contributed by atoms with Gasteiger partial charge in [-0.2, -0.15) is 0 Å². The number of benzene rings is 3. The number of likely N-dealkylation sites (tertiary alicyclic amines) is 1. The Morgan fingerprint density at radius 2 is 1.60 bits per heavy atom. The first kappa shape index (κ1) is 18.6. The average Bonchev–Trinajstić information content (AvgIpc) is 3.05. The Morgan fingerprint density at radius 1 is 0.933 bits per heavy atom. The Bertz CT molecular complexity index is 1120. The van der Waals surface area contributed by atoms with E-state index in [1.54, 1.807) is 6.07 Å². The van der Waals surface area contributed by atoms with Gasteiger partial charge in [-0.1, -0.05) is 60.2 Å². The molecule has 150 valence electrons. The zero-order chi connectivity index (χ0) is 20.7. The minimum absolute atomic E-state index is 0.0232. The third-order valence-electron chi connectivity index (χ3n) is 6.18. The highest BCUT2D eigenvalue weighted by molar-refractivity contribution is 5.96. The van der Waals surface area contributed by atoms with Crippen molar-refractivity contribution in [2.24, 2.45) is 0 Å². The molecular weight excluding hydrogens is 374 g/mol. The van der Waals surface area contributed by atoms with Crippen LogP contribution in [0.25, 0.3) is 11.1 Å². The van der Waals surface area contributed by atoms with Crippen molar-refractivity contribution < 1.29 is 14.3 Å². The maximum Gasteiger partial charge on any atom is 0.339 e. The molecule has 0 radical (unpaired) electrons. The second kappa shape index (κ2) is 7.13. The summed E-state index contributed by atoms with van der Waals surface area (Å²) in [6.07, 6.45) is 1.54. The molecule has 0 aromatic heterocycles. The van der Waals surface area contributed by atoms with Crippen molar-refractivity contribution in [3.8, 4) is 11.1 Å². The Hall–Kier alpha value is -3.40. The van der Waals surface area contributed by atoms with Crippen LogP contribution in [-0.2, 0) is 10.3 Å². The van der Waals surface area contributed by atoms with Gasteiger partial charge in [-0.3, -0.25) is 4.79 Å². The fraction of sp³-hybridized carbons (Fsp3) is 0.231. The van der Waals surface area contributed by atoms with Crippen LogP contribution >= 0.6 is 0 Å². The lowest BCUT2D eigenvalue weighted by Crippen LogP contribution is -2.48. The molecule has 1 unspecified atom stereocenters. The van der Waals surface area contributed by atoms with E-state index >= 15 is 0 Å². The largest absolute Gasteiger partial charge is 0.449 e. The summed E-state index contributed by atoms with van der Waals surface area (Å²) in [5.74, 6) is -0.313. The third kappa shape index (κ3) is 3.09. The molecule has 2 aliphatic heterocycles. The van der Waals surface area contributed by atoms with Crippen LogP contribution in [0.3, 0.4) is 0 Å². The Kier molecular flexibility index (Phi) is 4.43. The van der Waals surface area contributed by atoms with Gasteiger partial charge in [-0.15, -0.1) is 0 Å². The topological polar surface area (TPSA) is 46.6 Å². The van der Waals surface area contributed by atoms with Crippen LogP contribution in [0.1, 0.15) is 44.7 Å². The van der Waals surface area contributed by atoms with Crippen LogP contribution in [0, 0.1) is 6.92 Å². The standard InChI is InChI=1S/C26H23NO3/c1-18-7-9-19(10-8-18)20-11-13-21(14-12-20)24(28)27-16-4-15-26(17-27)23-6-3-2-5-22(23)25(29)30-26/h2-3,5-14H,4,15-17H2,1H3. The van der Waals surface area contributed by atoms with Crippen LogP contribution < -0.4 is 0 Å². The van der Waals surface area contributed by atoms with Gasteiger partial charge in [-0.05, 0) is 49.1 Å². The molecule has 1 atom stereocenters. The van der Waals surface area contributed by atoms with E-state index in [4.69, 9.17) is 4.74 Å². The second-order valence-electron chi connectivity index (χ2n) is 8.20. The number of fused-ring (bicyclic) bond motifs is 2. The van der Waals surface area contributed by atoms with E-state index in [0.717, 1.165) is 29.5 Å². The maximum absolute atomic E-state index is 13.2. The number of hydrogen-bond donors (Lipinski definition) is 0. The van der Waals surface area contributed by atoms with E-state index in [1.807, 2.05) is 47.4 Å². The summed E-state index contributed by atoms with van der Waals surface area (Å²) in [6.45, 7) is 3.13. The minimum atomic E-state index is -0.719. The summed E-state index contributed by atoms with van der Waals surface area (Å²) in [7, 11) is 0. The molecule has 0 aliphatic carbocycles. The number of carbonyl (C=O) groups is 2. The number of nitrogens with zero attached hydrogens (tertiary/aromatic N) is 1. The summed E-state index contributed by atoms with van der Waals surface area (Å²) in [4.78, 5) is 27.4. The van der Waals surface area contributed by atoms with E-state index in [-0.39, 0.29) is 11.9 Å². The Morgan fingerprint density at radius 3 is 2.33 bits per heavy atom. The quantitative estimate of drug-likeness (QED) is 0.574. The van der Waals surface area contributed by atoms with Gasteiger partial charge in [-0.25, -0.2) is 4.79 Å². The van der Waals surface area contributed by atoms with Gasteiger partial charge in [0, 0.05) is 17.7 Å². The fourth-order valence-electron chi connectivity index (χ4n) is 4.58. The van der Waals surface area contributed by atoms with Crippen molar-refractivity contribution in [2.45, 2.75) is 25.4 Å². The lowest BCUT2D eigenvalue weighted by Gasteiger charge is -2.39. The molecule has 4 nitrogen and oxygen atoms in total. The van der Waals surface area contributed by atoms with Gasteiger partial charge in [0.2, 0.25) is 0 Å². The number of piperidine rings is 1. The Labute approximate surface area is 176 Å². The van der Waals surface area contributed by atoms with Gasteiger partial charge in [0.1, 0.15) is 0 Å². The molecule has 1 amide bonds. The number of amides is 1. The molecule has 0 bridgehead atoms. The second-order valence-corrected chi connectivity index (χ2v) is 8.20. The van der Waals surface area contributed by atoms with Crippen LogP contribution in [-0.4, -0.2) is 29.9 Å². The van der Waals surface area contributed by atoms with Crippen molar-refractivity contribution in [1.82, 2.24) is 4.90 Å². The molecule has 2 heterocycles. The number of esters is 1. The van der Waals surface area contributed by atoms with Crippen LogP contribution in [0.15, 0.2) is 72.8 Å². The average molecular weight is 397 g/mol. The van der Waals surface area contributed by atoms with Crippen molar-refractivity contribution in [2.75, 3.05) is 13.1 Å². The summed E-state index contributed by atoms with van der Waals surface area (Å²) < 4.78 is 5.83. The van der Waals surface area contributed by atoms with Crippen LogP contribution in [0.4, 0.5) is 0 Å². The first-order valence-corrected chi connectivity index (χ1v) is 10.3. The highest BCUT2D eigenvalue weighted by Crippen LogP contribution is 2.43. The molecule has 0 N–H and O–H groups in total. The van der Waals surface area contributed by atoms with E-state index in [1.165, 1.54) is 5.56 Å². The predicted molar refractivity (Wildman–Crippen MR) is 115 cm³/mol. The van der Waals surface area contributed by atoms with E-state index in [9.17, 15) is 9.59 Å². The van der Waals surface area contributed by atoms with Gasteiger partial charge in [0.05, 0.1) is 12.1 Å². The van der Waals surface area contributed by atoms with Crippen molar-refractivity contribution >= 4 is 11.9 Å². The van der Waals surface area contributed by atoms with Crippen LogP contribution in [0.5, 0.6) is 0 Å². The van der Waals surface area contributed by atoms with Gasteiger partial charge in [0.15, 0.2) is 5.60 Å². The number of hydrogen-bond acceptors (Lipinski definition) is 3. The summed E-state index contributed by atoms with van der Waals surface area (Å²) in [6, 6.07) is 23.6. The van der Waals surface area contributed by atoms with E-state index in [0.29, 0.717) is 24.2 Å². The first-order valence-electron chi connectivity index (χ1n) is 10.3. The smallest absolute Gasteiger partial charge is 0.339 e. The summed E-state index contributed by atoms with van der Waals surface area (Å²) in [5, 5.41) is 0. The molecule has 3 aromatic carbocycles. The fourth-order valence-corrected chi connectivity index (χ4v) is 4.58. The molecule has 1 fully saturated rings. The van der Waals surface area contributed by atoms with E-state index in [2.05, 4.69) is 31.2 Å². The first-order chi connectivity index (χ1) is 14.6. The molecular formula is C26H23NO3. The third-order valence-corrected chi connectivity index (χ3v) is 6.18. The monoisotopic (exact) mass is 397 g/mol.